The first-order valence-corrected chi connectivity index (χ1v) is 4.89. The molecule has 1 heterocycles. The van der Waals surface area contributed by atoms with Gasteiger partial charge in [-0.3, -0.25) is 0 Å². The fourth-order valence-electron chi connectivity index (χ4n) is 1.30. The topological polar surface area (TPSA) is 46.5 Å². The molecular formula is C10H8O3S. The summed E-state index contributed by atoms with van der Waals surface area (Å²) < 4.78 is 5.50. The Morgan fingerprint density at radius 2 is 2.21 bits per heavy atom. The van der Waals surface area contributed by atoms with Gasteiger partial charge in [0.25, 0.3) is 0 Å². The summed E-state index contributed by atoms with van der Waals surface area (Å²) >= 11 is 1.52. The van der Waals surface area contributed by atoms with Crippen molar-refractivity contribution in [1.29, 1.82) is 0 Å². The molecule has 0 aliphatic rings. The van der Waals surface area contributed by atoms with E-state index in [2.05, 4.69) is 4.74 Å². The number of hydrogen-bond donors (Lipinski definition) is 1. The predicted octanol–water partition coefficient (Wildman–Crippen LogP) is 2.39. The summed E-state index contributed by atoms with van der Waals surface area (Å²) in [5, 5.41) is 12.3. The van der Waals surface area contributed by atoms with Crippen molar-refractivity contribution >= 4 is 27.4 Å². The van der Waals surface area contributed by atoms with Gasteiger partial charge in [-0.05, 0) is 23.6 Å². The van der Waals surface area contributed by atoms with E-state index in [0.717, 1.165) is 4.70 Å². The SMILES string of the molecule is COC(=O)c1ccc2sccc2c1O. The molecule has 0 amide bonds. The number of hydrogen-bond acceptors (Lipinski definition) is 4. The van der Waals surface area contributed by atoms with Gasteiger partial charge in [0.05, 0.1) is 7.11 Å². The summed E-state index contributed by atoms with van der Waals surface area (Å²) in [5.41, 5.74) is 0.207. The van der Waals surface area contributed by atoms with Crippen molar-refractivity contribution in [2.24, 2.45) is 0 Å². The molecule has 1 aromatic heterocycles. The average molecular weight is 208 g/mol. The Bertz CT molecular complexity index is 487. The first-order chi connectivity index (χ1) is 6.74. The van der Waals surface area contributed by atoms with Crippen molar-refractivity contribution in [3.8, 4) is 5.75 Å². The van der Waals surface area contributed by atoms with Gasteiger partial charge in [0.15, 0.2) is 0 Å². The van der Waals surface area contributed by atoms with Gasteiger partial charge in [0.2, 0.25) is 0 Å². The fourth-order valence-corrected chi connectivity index (χ4v) is 2.09. The molecule has 1 N–H and O–H groups in total. The highest BCUT2D eigenvalue weighted by Gasteiger charge is 2.14. The molecule has 0 saturated heterocycles. The van der Waals surface area contributed by atoms with Crippen molar-refractivity contribution in [3.05, 3.63) is 29.1 Å². The Balaban J connectivity index is 2.67. The number of rotatable bonds is 1. The van der Waals surface area contributed by atoms with E-state index in [1.807, 2.05) is 5.38 Å². The molecule has 0 unspecified atom stereocenters. The van der Waals surface area contributed by atoms with Crippen molar-refractivity contribution < 1.29 is 14.6 Å². The van der Waals surface area contributed by atoms with E-state index in [9.17, 15) is 9.90 Å². The van der Waals surface area contributed by atoms with Crippen LogP contribution in [0.4, 0.5) is 0 Å². The van der Waals surface area contributed by atoms with Crippen molar-refractivity contribution in [2.75, 3.05) is 7.11 Å². The number of carbonyl (C=O) groups excluding carboxylic acids is 1. The summed E-state index contributed by atoms with van der Waals surface area (Å²) in [6, 6.07) is 5.15. The van der Waals surface area contributed by atoms with Crippen LogP contribution in [-0.2, 0) is 4.74 Å². The monoisotopic (exact) mass is 208 g/mol. The van der Waals surface area contributed by atoms with E-state index in [-0.39, 0.29) is 11.3 Å². The number of ether oxygens (including phenoxy) is 1. The Morgan fingerprint density at radius 3 is 2.93 bits per heavy atom. The minimum absolute atomic E-state index is 0.00407. The zero-order valence-corrected chi connectivity index (χ0v) is 8.30. The van der Waals surface area contributed by atoms with Gasteiger partial charge in [0.1, 0.15) is 11.3 Å². The Kier molecular flexibility index (Phi) is 2.13. The number of fused-ring (bicyclic) bond motifs is 1. The lowest BCUT2D eigenvalue weighted by Crippen LogP contribution is -2.00. The maximum absolute atomic E-state index is 11.2. The number of phenolic OH excluding ortho intramolecular Hbond substituents is 1. The largest absolute Gasteiger partial charge is 0.506 e. The lowest BCUT2D eigenvalue weighted by molar-refractivity contribution is 0.0598. The molecule has 1 aromatic carbocycles. The van der Waals surface area contributed by atoms with Crippen LogP contribution in [0.25, 0.3) is 10.1 Å². The minimum Gasteiger partial charge on any atom is -0.506 e. The number of thiophene rings is 1. The molecule has 4 heteroatoms. The van der Waals surface area contributed by atoms with Crippen molar-refractivity contribution in [3.63, 3.8) is 0 Å². The zero-order chi connectivity index (χ0) is 10.1. The zero-order valence-electron chi connectivity index (χ0n) is 7.48. The highest BCUT2D eigenvalue weighted by molar-refractivity contribution is 7.17. The Hall–Kier alpha value is -1.55. The van der Waals surface area contributed by atoms with E-state index in [1.54, 1.807) is 18.2 Å². The predicted molar refractivity (Wildman–Crippen MR) is 54.8 cm³/mol. The van der Waals surface area contributed by atoms with Gasteiger partial charge >= 0.3 is 5.97 Å². The van der Waals surface area contributed by atoms with Crippen LogP contribution in [0.1, 0.15) is 10.4 Å². The van der Waals surface area contributed by atoms with Gasteiger partial charge in [-0.1, -0.05) is 0 Å². The summed E-state index contributed by atoms with van der Waals surface area (Å²) in [6.07, 6.45) is 0. The van der Waals surface area contributed by atoms with E-state index < -0.39 is 5.97 Å². The summed E-state index contributed by atoms with van der Waals surface area (Å²) in [7, 11) is 1.29. The molecule has 0 radical (unpaired) electrons. The third-order valence-electron chi connectivity index (χ3n) is 2.01. The number of esters is 1. The molecule has 2 rings (SSSR count). The lowest BCUT2D eigenvalue weighted by atomic mass is 10.1. The Labute approximate surface area is 84.6 Å². The number of carbonyl (C=O) groups is 1. The third kappa shape index (κ3) is 1.24. The molecule has 0 aliphatic carbocycles. The second kappa shape index (κ2) is 3.31. The standard InChI is InChI=1S/C10H8O3S/c1-13-10(12)7-2-3-8-6(9(7)11)4-5-14-8/h2-5,11H,1H3. The maximum Gasteiger partial charge on any atom is 0.341 e. The van der Waals surface area contributed by atoms with Crippen LogP contribution in [-0.4, -0.2) is 18.2 Å². The van der Waals surface area contributed by atoms with Gasteiger partial charge in [-0.2, -0.15) is 0 Å². The van der Waals surface area contributed by atoms with E-state index in [1.165, 1.54) is 18.4 Å². The highest BCUT2D eigenvalue weighted by Crippen LogP contribution is 2.32. The number of phenols is 1. The highest BCUT2D eigenvalue weighted by atomic mass is 32.1. The van der Waals surface area contributed by atoms with Crippen LogP contribution in [0.5, 0.6) is 5.75 Å². The van der Waals surface area contributed by atoms with Crippen LogP contribution >= 0.6 is 11.3 Å². The van der Waals surface area contributed by atoms with Gasteiger partial charge in [-0.25, -0.2) is 4.79 Å². The van der Waals surface area contributed by atoms with Crippen LogP contribution in [0, 0.1) is 0 Å². The number of aromatic hydroxyl groups is 1. The first-order valence-electron chi connectivity index (χ1n) is 4.01. The smallest absolute Gasteiger partial charge is 0.341 e. The molecule has 0 fully saturated rings. The second-order valence-electron chi connectivity index (χ2n) is 2.79. The van der Waals surface area contributed by atoms with Gasteiger partial charge in [-0.15, -0.1) is 11.3 Å². The maximum atomic E-state index is 11.2. The van der Waals surface area contributed by atoms with E-state index in [0.29, 0.717) is 5.39 Å². The first kappa shape index (κ1) is 9.02. The number of benzene rings is 1. The van der Waals surface area contributed by atoms with E-state index in [4.69, 9.17) is 0 Å². The molecule has 0 saturated carbocycles. The van der Waals surface area contributed by atoms with Crippen molar-refractivity contribution in [2.45, 2.75) is 0 Å². The summed E-state index contributed by atoms with van der Waals surface area (Å²) in [6.45, 7) is 0. The fraction of sp³-hybridized carbons (Fsp3) is 0.100. The summed E-state index contributed by atoms with van der Waals surface area (Å²) in [4.78, 5) is 11.2. The molecule has 0 spiro atoms. The molecule has 3 nitrogen and oxygen atoms in total. The van der Waals surface area contributed by atoms with E-state index >= 15 is 0 Å². The summed E-state index contributed by atoms with van der Waals surface area (Å²) in [5.74, 6) is -0.522. The molecule has 0 aliphatic heterocycles. The van der Waals surface area contributed by atoms with Crippen molar-refractivity contribution in [1.82, 2.24) is 0 Å². The van der Waals surface area contributed by atoms with Crippen LogP contribution in [0.3, 0.4) is 0 Å². The van der Waals surface area contributed by atoms with Crippen LogP contribution < -0.4 is 0 Å². The minimum atomic E-state index is -0.518. The lowest BCUT2D eigenvalue weighted by Gasteiger charge is -2.02. The van der Waals surface area contributed by atoms with Gasteiger partial charge in [0, 0.05) is 10.1 Å². The normalized spacial score (nSPS) is 10.4. The molecule has 72 valence electrons. The number of methoxy groups -OCH3 is 1. The molecular weight excluding hydrogens is 200 g/mol. The second-order valence-corrected chi connectivity index (χ2v) is 3.73. The average Bonchev–Trinajstić information content (AvgIpc) is 2.66. The molecule has 0 atom stereocenters. The third-order valence-corrected chi connectivity index (χ3v) is 2.89. The molecule has 2 aromatic rings. The molecule has 14 heavy (non-hydrogen) atoms. The van der Waals surface area contributed by atoms with Crippen LogP contribution in [0.15, 0.2) is 23.6 Å². The Morgan fingerprint density at radius 1 is 1.43 bits per heavy atom. The quantitative estimate of drug-likeness (QED) is 0.732. The molecule has 0 bridgehead atoms. The van der Waals surface area contributed by atoms with Crippen LogP contribution in [0.2, 0.25) is 0 Å². The van der Waals surface area contributed by atoms with Gasteiger partial charge < -0.3 is 9.84 Å².